The van der Waals surface area contributed by atoms with E-state index in [0.29, 0.717) is 12.0 Å². The van der Waals surface area contributed by atoms with Crippen LogP contribution in [0.3, 0.4) is 0 Å². The van der Waals surface area contributed by atoms with Gasteiger partial charge in [-0.25, -0.2) is 4.39 Å². The number of rotatable bonds is 3. The Hall–Kier alpha value is -1.62. The van der Waals surface area contributed by atoms with Crippen molar-refractivity contribution in [1.29, 1.82) is 0 Å². The first-order chi connectivity index (χ1) is 9.81. The van der Waals surface area contributed by atoms with Gasteiger partial charge in [-0.2, -0.15) is 0 Å². The standard InChI is InChI=1S/C15H18ClFN2O2/c1-4-15(3)14(21)18-9(2)13(20)19(15)8-10-6-5-7-11(16)12(10)17/h5-7,9H,4,8H2,1-3H3,(H,18,21). The summed E-state index contributed by atoms with van der Waals surface area (Å²) in [5, 5.41) is 2.67. The highest BCUT2D eigenvalue weighted by atomic mass is 35.5. The van der Waals surface area contributed by atoms with Gasteiger partial charge in [-0.1, -0.05) is 30.7 Å². The van der Waals surface area contributed by atoms with Crippen LogP contribution in [0.1, 0.15) is 32.8 Å². The molecule has 2 rings (SSSR count). The van der Waals surface area contributed by atoms with Gasteiger partial charge < -0.3 is 10.2 Å². The van der Waals surface area contributed by atoms with Gasteiger partial charge in [0.05, 0.1) is 5.02 Å². The fourth-order valence-corrected chi connectivity index (χ4v) is 2.65. The zero-order valence-electron chi connectivity index (χ0n) is 12.2. The Kier molecular flexibility index (Phi) is 4.23. The molecule has 0 saturated carbocycles. The van der Waals surface area contributed by atoms with Gasteiger partial charge in [0.2, 0.25) is 11.8 Å². The van der Waals surface area contributed by atoms with E-state index in [1.165, 1.54) is 11.0 Å². The highest BCUT2D eigenvalue weighted by Gasteiger charge is 2.47. The summed E-state index contributed by atoms with van der Waals surface area (Å²) in [7, 11) is 0. The van der Waals surface area contributed by atoms with E-state index in [2.05, 4.69) is 5.32 Å². The number of carbonyl (C=O) groups is 2. The third kappa shape index (κ3) is 2.62. The van der Waals surface area contributed by atoms with Gasteiger partial charge in [0.25, 0.3) is 0 Å². The summed E-state index contributed by atoms with van der Waals surface area (Å²) in [6, 6.07) is 4.04. The zero-order chi connectivity index (χ0) is 15.8. The molecule has 6 heteroatoms. The fourth-order valence-electron chi connectivity index (χ4n) is 2.46. The smallest absolute Gasteiger partial charge is 0.246 e. The molecule has 1 aliphatic heterocycles. The lowest BCUT2D eigenvalue weighted by atomic mass is 9.90. The fraction of sp³-hybridized carbons (Fsp3) is 0.467. The van der Waals surface area contributed by atoms with Gasteiger partial charge in [-0.05, 0) is 26.3 Å². The lowest BCUT2D eigenvalue weighted by molar-refractivity contribution is -0.157. The van der Waals surface area contributed by atoms with Crippen LogP contribution in [0.25, 0.3) is 0 Å². The number of benzene rings is 1. The van der Waals surface area contributed by atoms with Crippen molar-refractivity contribution in [2.45, 2.75) is 45.3 Å². The number of hydrogen-bond acceptors (Lipinski definition) is 2. The molecule has 2 atom stereocenters. The molecule has 0 bridgehead atoms. The first kappa shape index (κ1) is 15.8. The number of nitrogens with one attached hydrogen (secondary N) is 1. The molecule has 0 radical (unpaired) electrons. The summed E-state index contributed by atoms with van der Waals surface area (Å²) in [6.07, 6.45) is 0.444. The molecular formula is C15H18ClFN2O2. The lowest BCUT2D eigenvalue weighted by Gasteiger charge is -2.45. The van der Waals surface area contributed by atoms with Crippen molar-refractivity contribution in [2.75, 3.05) is 0 Å². The molecular weight excluding hydrogens is 295 g/mol. The zero-order valence-corrected chi connectivity index (χ0v) is 13.0. The molecule has 114 valence electrons. The summed E-state index contributed by atoms with van der Waals surface area (Å²) in [6.45, 7) is 5.16. The Morgan fingerprint density at radius 1 is 1.43 bits per heavy atom. The van der Waals surface area contributed by atoms with Crippen molar-refractivity contribution in [3.05, 3.63) is 34.6 Å². The van der Waals surface area contributed by atoms with Crippen LogP contribution in [0.5, 0.6) is 0 Å². The predicted molar refractivity (Wildman–Crippen MR) is 78.3 cm³/mol. The van der Waals surface area contributed by atoms with Crippen LogP contribution in [0, 0.1) is 5.82 Å². The molecule has 4 nitrogen and oxygen atoms in total. The monoisotopic (exact) mass is 312 g/mol. The maximum atomic E-state index is 14.1. The normalized spacial score (nSPS) is 26.0. The summed E-state index contributed by atoms with van der Waals surface area (Å²) >= 11 is 5.77. The maximum Gasteiger partial charge on any atom is 0.246 e. The Morgan fingerprint density at radius 3 is 2.71 bits per heavy atom. The van der Waals surface area contributed by atoms with Crippen molar-refractivity contribution < 1.29 is 14.0 Å². The van der Waals surface area contributed by atoms with Crippen LogP contribution in [0.4, 0.5) is 4.39 Å². The van der Waals surface area contributed by atoms with Gasteiger partial charge in [0.15, 0.2) is 0 Å². The third-order valence-electron chi connectivity index (χ3n) is 4.12. The van der Waals surface area contributed by atoms with E-state index < -0.39 is 17.4 Å². The molecule has 1 saturated heterocycles. The first-order valence-electron chi connectivity index (χ1n) is 6.86. The van der Waals surface area contributed by atoms with Crippen LogP contribution in [0.15, 0.2) is 18.2 Å². The van der Waals surface area contributed by atoms with Crippen molar-refractivity contribution in [1.82, 2.24) is 10.2 Å². The number of nitrogens with zero attached hydrogens (tertiary/aromatic N) is 1. The van der Waals surface area contributed by atoms with Crippen molar-refractivity contribution in [3.63, 3.8) is 0 Å². The maximum absolute atomic E-state index is 14.1. The minimum absolute atomic E-state index is 0.00709. The third-order valence-corrected chi connectivity index (χ3v) is 4.41. The van der Waals surface area contributed by atoms with E-state index in [4.69, 9.17) is 11.6 Å². The number of hydrogen-bond donors (Lipinski definition) is 1. The largest absolute Gasteiger partial charge is 0.343 e. The molecule has 21 heavy (non-hydrogen) atoms. The molecule has 0 aromatic heterocycles. The summed E-state index contributed by atoms with van der Waals surface area (Å²) in [5.41, 5.74) is -0.685. The Balaban J connectivity index is 2.40. The van der Waals surface area contributed by atoms with Gasteiger partial charge in [0.1, 0.15) is 17.4 Å². The van der Waals surface area contributed by atoms with E-state index in [1.807, 2.05) is 6.92 Å². The topological polar surface area (TPSA) is 49.4 Å². The number of halogens is 2. The Labute approximate surface area is 128 Å². The van der Waals surface area contributed by atoms with E-state index in [0.717, 1.165) is 0 Å². The van der Waals surface area contributed by atoms with Crippen molar-refractivity contribution >= 4 is 23.4 Å². The average molecular weight is 313 g/mol. The first-order valence-corrected chi connectivity index (χ1v) is 7.24. The Bertz CT molecular complexity index is 593. The molecule has 1 fully saturated rings. The van der Waals surface area contributed by atoms with E-state index in [9.17, 15) is 14.0 Å². The summed E-state index contributed by atoms with van der Waals surface area (Å²) < 4.78 is 14.1. The minimum Gasteiger partial charge on any atom is -0.343 e. The van der Waals surface area contributed by atoms with Crippen LogP contribution in [-0.4, -0.2) is 28.3 Å². The molecule has 0 aliphatic carbocycles. The molecule has 2 unspecified atom stereocenters. The van der Waals surface area contributed by atoms with Crippen LogP contribution < -0.4 is 5.32 Å². The average Bonchev–Trinajstić information content (AvgIpc) is 2.45. The van der Waals surface area contributed by atoms with Crippen molar-refractivity contribution in [2.24, 2.45) is 0 Å². The van der Waals surface area contributed by atoms with Crippen LogP contribution >= 0.6 is 11.6 Å². The second-order valence-corrected chi connectivity index (χ2v) is 5.87. The Morgan fingerprint density at radius 2 is 2.10 bits per heavy atom. The van der Waals surface area contributed by atoms with E-state index >= 15 is 0 Å². The van der Waals surface area contributed by atoms with Gasteiger partial charge in [0, 0.05) is 12.1 Å². The van der Waals surface area contributed by atoms with Crippen LogP contribution in [0.2, 0.25) is 5.02 Å². The molecule has 1 aliphatic rings. The minimum atomic E-state index is -0.988. The number of amides is 2. The SMILES string of the molecule is CCC1(C)C(=O)NC(C)C(=O)N1Cc1cccc(Cl)c1F. The molecule has 0 spiro atoms. The van der Waals surface area contributed by atoms with E-state index in [-0.39, 0.29) is 23.4 Å². The summed E-state index contributed by atoms with van der Waals surface area (Å²) in [4.78, 5) is 26.1. The molecule has 1 N–H and O–H groups in total. The second kappa shape index (κ2) is 5.64. The van der Waals surface area contributed by atoms with Crippen molar-refractivity contribution in [3.8, 4) is 0 Å². The number of carbonyl (C=O) groups excluding carboxylic acids is 2. The highest BCUT2D eigenvalue weighted by Crippen LogP contribution is 2.28. The summed E-state index contributed by atoms with van der Waals surface area (Å²) in [5.74, 6) is -0.998. The number of piperazine rings is 1. The van der Waals surface area contributed by atoms with Gasteiger partial charge in [-0.15, -0.1) is 0 Å². The van der Waals surface area contributed by atoms with Crippen LogP contribution in [-0.2, 0) is 16.1 Å². The lowest BCUT2D eigenvalue weighted by Crippen LogP contribution is -2.68. The van der Waals surface area contributed by atoms with Gasteiger partial charge >= 0.3 is 0 Å². The van der Waals surface area contributed by atoms with E-state index in [1.54, 1.807) is 26.0 Å². The predicted octanol–water partition coefficient (Wildman–Crippen LogP) is 2.49. The molecule has 1 heterocycles. The van der Waals surface area contributed by atoms with Gasteiger partial charge in [-0.3, -0.25) is 9.59 Å². The molecule has 1 aromatic carbocycles. The molecule has 2 amide bonds. The quantitative estimate of drug-likeness (QED) is 0.932. The highest BCUT2D eigenvalue weighted by molar-refractivity contribution is 6.30. The molecule has 1 aromatic rings. The second-order valence-electron chi connectivity index (χ2n) is 5.46.